The molecule has 4 aromatic rings. The van der Waals surface area contributed by atoms with E-state index in [1.807, 2.05) is 35.8 Å². The maximum absolute atomic E-state index is 12.4. The molecule has 1 atom stereocenters. The Morgan fingerprint density at radius 3 is 2.88 bits per heavy atom. The molecule has 0 fully saturated rings. The topological polar surface area (TPSA) is 72.0 Å². The lowest BCUT2D eigenvalue weighted by Crippen LogP contribution is -2.00. The Kier molecular flexibility index (Phi) is 3.70. The van der Waals surface area contributed by atoms with Crippen molar-refractivity contribution >= 4 is 76.3 Å². The van der Waals surface area contributed by atoms with Gasteiger partial charge in [-0.3, -0.25) is 4.98 Å². The molecular weight excluding hydrogens is 481 g/mol. The number of hydrogen-bond donors (Lipinski definition) is 1. The highest BCUT2D eigenvalue weighted by atomic mass is 127. The molecule has 0 bridgehead atoms. The zero-order valence-corrected chi connectivity index (χ0v) is 17.1. The Labute approximate surface area is 167 Å². The monoisotopic (exact) mass is 493 g/mol. The van der Waals surface area contributed by atoms with Crippen molar-refractivity contribution in [2.75, 3.05) is 11.1 Å². The van der Waals surface area contributed by atoms with E-state index in [1.54, 1.807) is 23.6 Å². The first-order valence-electron chi connectivity index (χ1n) is 7.91. The number of halogens is 1. The summed E-state index contributed by atoms with van der Waals surface area (Å²) in [5.41, 5.74) is 6.15. The number of benzene rings is 2. The van der Waals surface area contributed by atoms with Crippen molar-refractivity contribution in [3.63, 3.8) is 0 Å². The minimum Gasteiger partial charge on any atom is -0.355 e. The number of pyridine rings is 1. The van der Waals surface area contributed by atoms with Gasteiger partial charge in [-0.05, 0) is 42.0 Å². The van der Waals surface area contributed by atoms with E-state index < -0.39 is 9.84 Å². The summed E-state index contributed by atoms with van der Waals surface area (Å²) in [5.74, 6) is 0.155. The lowest BCUT2D eigenvalue weighted by molar-refractivity contribution is 0.600. The minimum absolute atomic E-state index is 0.0255. The standard InChI is InChI=1S/C18H12IN3O2S2/c19-13-8-26(23,24)18-7-12-14(3-4-20-15(12)6-11(13)18)22-10-1-2-17-16(5-10)21-9-25-17/h1-7,9,13H,8H2,(H,20,22). The van der Waals surface area contributed by atoms with Crippen molar-refractivity contribution in [2.45, 2.75) is 8.82 Å². The van der Waals surface area contributed by atoms with Crippen LogP contribution in [0.2, 0.25) is 0 Å². The van der Waals surface area contributed by atoms with Gasteiger partial charge in [0.25, 0.3) is 0 Å². The van der Waals surface area contributed by atoms with Crippen LogP contribution in [0.25, 0.3) is 21.1 Å². The van der Waals surface area contributed by atoms with Crippen molar-refractivity contribution < 1.29 is 8.42 Å². The number of rotatable bonds is 2. The Morgan fingerprint density at radius 1 is 1.12 bits per heavy atom. The van der Waals surface area contributed by atoms with Gasteiger partial charge < -0.3 is 5.32 Å². The van der Waals surface area contributed by atoms with Crippen LogP contribution < -0.4 is 5.32 Å². The average Bonchev–Trinajstić information content (AvgIpc) is 3.16. The lowest BCUT2D eigenvalue weighted by Gasteiger charge is -2.11. The van der Waals surface area contributed by atoms with Gasteiger partial charge in [0.2, 0.25) is 0 Å². The van der Waals surface area contributed by atoms with E-state index in [4.69, 9.17) is 0 Å². The molecule has 2 aromatic carbocycles. The Hall–Kier alpha value is -1.78. The summed E-state index contributed by atoms with van der Waals surface area (Å²) < 4.78 is 26.0. The highest BCUT2D eigenvalue weighted by molar-refractivity contribution is 14.1. The third-order valence-electron chi connectivity index (χ3n) is 4.52. The fraction of sp³-hybridized carbons (Fsp3) is 0.111. The maximum atomic E-state index is 12.4. The van der Waals surface area contributed by atoms with Gasteiger partial charge in [-0.2, -0.15) is 0 Å². The number of thiazole rings is 1. The van der Waals surface area contributed by atoms with Gasteiger partial charge in [-0.1, -0.05) is 22.6 Å². The summed E-state index contributed by atoms with van der Waals surface area (Å²) in [4.78, 5) is 9.21. The molecule has 0 radical (unpaired) electrons. The summed E-state index contributed by atoms with van der Waals surface area (Å²) in [6.07, 6.45) is 1.74. The molecule has 1 aliphatic rings. The maximum Gasteiger partial charge on any atom is 0.180 e. The fourth-order valence-electron chi connectivity index (χ4n) is 3.28. The molecule has 0 spiro atoms. The highest BCUT2D eigenvalue weighted by Gasteiger charge is 2.33. The zero-order chi connectivity index (χ0) is 17.9. The number of hydrogen-bond acceptors (Lipinski definition) is 6. The van der Waals surface area contributed by atoms with Crippen LogP contribution in [0.1, 0.15) is 9.49 Å². The highest BCUT2D eigenvalue weighted by Crippen LogP contribution is 2.42. The molecule has 5 nitrogen and oxygen atoms in total. The van der Waals surface area contributed by atoms with Crippen molar-refractivity contribution in [3.8, 4) is 0 Å². The number of alkyl halides is 1. The second-order valence-electron chi connectivity index (χ2n) is 6.17. The van der Waals surface area contributed by atoms with Crippen molar-refractivity contribution in [2.24, 2.45) is 0 Å². The smallest absolute Gasteiger partial charge is 0.180 e. The normalized spacial score (nSPS) is 18.3. The molecule has 0 aliphatic carbocycles. The SMILES string of the molecule is O=S1(=O)CC(I)c2cc3nccc(Nc4ccc5scnc5c4)c3cc21. The number of aromatic nitrogens is 2. The average molecular weight is 493 g/mol. The molecule has 0 saturated carbocycles. The van der Waals surface area contributed by atoms with E-state index in [-0.39, 0.29) is 9.68 Å². The Morgan fingerprint density at radius 2 is 2.00 bits per heavy atom. The second kappa shape index (κ2) is 5.86. The van der Waals surface area contributed by atoms with Gasteiger partial charge in [-0.25, -0.2) is 13.4 Å². The van der Waals surface area contributed by atoms with Gasteiger partial charge in [0.15, 0.2) is 9.84 Å². The molecule has 1 N–H and O–H groups in total. The number of nitrogens with zero attached hydrogens (tertiary/aromatic N) is 2. The van der Waals surface area contributed by atoms with Crippen LogP contribution in [0.15, 0.2) is 53.0 Å². The van der Waals surface area contributed by atoms with Crippen LogP contribution in [0, 0.1) is 0 Å². The molecule has 5 rings (SSSR count). The molecule has 8 heteroatoms. The van der Waals surface area contributed by atoms with Crippen LogP contribution in [0.3, 0.4) is 0 Å². The summed E-state index contributed by atoms with van der Waals surface area (Å²) >= 11 is 3.79. The number of fused-ring (bicyclic) bond motifs is 3. The first-order chi connectivity index (χ1) is 12.5. The predicted molar refractivity (Wildman–Crippen MR) is 113 cm³/mol. The molecule has 2 aromatic heterocycles. The minimum atomic E-state index is -3.23. The summed E-state index contributed by atoms with van der Waals surface area (Å²) in [6, 6.07) is 11.5. The first kappa shape index (κ1) is 16.4. The van der Waals surface area contributed by atoms with Crippen LogP contribution in [-0.2, 0) is 9.84 Å². The molecular formula is C18H12IN3O2S2. The van der Waals surface area contributed by atoms with Crippen LogP contribution in [-0.4, -0.2) is 24.1 Å². The molecule has 3 heterocycles. The van der Waals surface area contributed by atoms with Gasteiger partial charge >= 0.3 is 0 Å². The van der Waals surface area contributed by atoms with Gasteiger partial charge in [0.05, 0.1) is 35.8 Å². The molecule has 0 saturated heterocycles. The third kappa shape index (κ3) is 2.58. The third-order valence-corrected chi connectivity index (χ3v) is 8.84. The quantitative estimate of drug-likeness (QED) is 0.319. The molecule has 130 valence electrons. The Balaban J connectivity index is 1.66. The Bertz CT molecular complexity index is 1280. The van der Waals surface area contributed by atoms with E-state index in [2.05, 4.69) is 37.9 Å². The van der Waals surface area contributed by atoms with Crippen molar-refractivity contribution in [1.82, 2.24) is 9.97 Å². The molecule has 26 heavy (non-hydrogen) atoms. The van der Waals surface area contributed by atoms with Crippen LogP contribution in [0.5, 0.6) is 0 Å². The molecule has 1 aliphatic heterocycles. The summed E-state index contributed by atoms with van der Waals surface area (Å²) in [5, 5.41) is 4.19. The van der Waals surface area contributed by atoms with E-state index in [0.29, 0.717) is 4.90 Å². The van der Waals surface area contributed by atoms with E-state index >= 15 is 0 Å². The van der Waals surface area contributed by atoms with E-state index in [9.17, 15) is 8.42 Å². The second-order valence-corrected chi connectivity index (χ2v) is 10.6. The largest absolute Gasteiger partial charge is 0.355 e. The van der Waals surface area contributed by atoms with Crippen molar-refractivity contribution in [1.29, 1.82) is 0 Å². The van der Waals surface area contributed by atoms with Gasteiger partial charge in [0.1, 0.15) is 0 Å². The van der Waals surface area contributed by atoms with Crippen LogP contribution in [0.4, 0.5) is 11.4 Å². The first-order valence-corrected chi connectivity index (χ1v) is 11.7. The van der Waals surface area contributed by atoms with Crippen molar-refractivity contribution in [3.05, 3.63) is 53.7 Å². The van der Waals surface area contributed by atoms with Gasteiger partial charge in [0, 0.05) is 23.0 Å². The molecule has 1 unspecified atom stereocenters. The van der Waals surface area contributed by atoms with E-state index in [0.717, 1.165) is 38.1 Å². The van der Waals surface area contributed by atoms with Crippen LogP contribution >= 0.6 is 33.9 Å². The summed E-state index contributed by atoms with van der Waals surface area (Å²) in [7, 11) is -3.23. The predicted octanol–water partition coefficient (Wildman–Crippen LogP) is 4.85. The lowest BCUT2D eigenvalue weighted by atomic mass is 10.1. The fourth-order valence-corrected chi connectivity index (χ4v) is 7.68. The molecule has 0 amide bonds. The van der Waals surface area contributed by atoms with E-state index in [1.165, 1.54) is 0 Å². The number of anilines is 2. The number of nitrogens with one attached hydrogen (secondary N) is 1. The number of sulfone groups is 1. The van der Waals surface area contributed by atoms with Gasteiger partial charge in [-0.15, -0.1) is 11.3 Å². The zero-order valence-electron chi connectivity index (χ0n) is 13.3. The summed E-state index contributed by atoms with van der Waals surface area (Å²) in [6.45, 7) is 0.